The van der Waals surface area contributed by atoms with E-state index in [1.165, 1.54) is 31.5 Å². The third kappa shape index (κ3) is 4.43. The fourth-order valence-electron chi connectivity index (χ4n) is 3.20. The summed E-state index contributed by atoms with van der Waals surface area (Å²) in [5, 5.41) is 0. The molecule has 0 aromatic heterocycles. The van der Waals surface area contributed by atoms with Gasteiger partial charge in [0.1, 0.15) is 5.75 Å². The van der Waals surface area contributed by atoms with E-state index in [2.05, 4.69) is 36.0 Å². The van der Waals surface area contributed by atoms with Gasteiger partial charge < -0.3 is 15.4 Å². The van der Waals surface area contributed by atoms with Gasteiger partial charge in [-0.25, -0.2) is 0 Å². The second kappa shape index (κ2) is 7.78. The van der Waals surface area contributed by atoms with Crippen LogP contribution in [-0.4, -0.2) is 57.2 Å². The lowest BCUT2D eigenvalue weighted by Gasteiger charge is -2.35. The number of rotatable bonds is 6. The maximum atomic E-state index is 6.03. The number of methoxy groups -OCH3 is 1. The zero-order valence-corrected chi connectivity index (χ0v) is 13.6. The van der Waals surface area contributed by atoms with Gasteiger partial charge in [0.15, 0.2) is 0 Å². The highest BCUT2D eigenvalue weighted by Gasteiger charge is 2.22. The van der Waals surface area contributed by atoms with Gasteiger partial charge in [-0.3, -0.25) is 4.90 Å². The number of ether oxygens (including phenoxy) is 1. The number of benzene rings is 1. The van der Waals surface area contributed by atoms with E-state index in [1.807, 2.05) is 12.1 Å². The minimum absolute atomic E-state index is 0.264. The number of hydrogen-bond donors (Lipinski definition) is 1. The maximum absolute atomic E-state index is 6.03. The van der Waals surface area contributed by atoms with E-state index in [4.69, 9.17) is 10.5 Å². The number of likely N-dealkylation sites (N-methyl/N-ethyl adjacent to an activating group) is 1. The summed E-state index contributed by atoms with van der Waals surface area (Å²) in [6.45, 7) is 4.18. The van der Waals surface area contributed by atoms with E-state index in [0.29, 0.717) is 6.54 Å². The minimum atomic E-state index is 0.264. The zero-order chi connectivity index (χ0) is 15.2. The molecule has 118 valence electrons. The first-order valence-corrected chi connectivity index (χ1v) is 7.86. The summed E-state index contributed by atoms with van der Waals surface area (Å²) in [5.74, 6) is 1.68. The molecule has 0 spiro atoms. The van der Waals surface area contributed by atoms with Crippen molar-refractivity contribution in [3.63, 3.8) is 0 Å². The zero-order valence-electron chi connectivity index (χ0n) is 13.6. The Labute approximate surface area is 128 Å². The van der Waals surface area contributed by atoms with E-state index in [9.17, 15) is 0 Å². The van der Waals surface area contributed by atoms with Crippen molar-refractivity contribution in [2.24, 2.45) is 11.7 Å². The molecule has 1 aromatic rings. The van der Waals surface area contributed by atoms with Crippen molar-refractivity contribution in [1.82, 2.24) is 9.80 Å². The third-order valence-corrected chi connectivity index (χ3v) is 4.62. The molecule has 1 unspecified atom stereocenters. The van der Waals surface area contributed by atoms with Crippen molar-refractivity contribution >= 4 is 0 Å². The first-order chi connectivity index (χ1) is 10.1. The summed E-state index contributed by atoms with van der Waals surface area (Å²) in [4.78, 5) is 4.82. The first kappa shape index (κ1) is 16.3. The minimum Gasteiger partial charge on any atom is -0.497 e. The van der Waals surface area contributed by atoms with Crippen LogP contribution in [0.2, 0.25) is 0 Å². The molecule has 0 saturated carbocycles. The topological polar surface area (TPSA) is 41.7 Å². The smallest absolute Gasteiger partial charge is 0.119 e. The Hall–Kier alpha value is -1.10. The quantitative estimate of drug-likeness (QED) is 0.870. The summed E-state index contributed by atoms with van der Waals surface area (Å²) in [5.41, 5.74) is 7.28. The summed E-state index contributed by atoms with van der Waals surface area (Å²) >= 11 is 0. The summed E-state index contributed by atoms with van der Waals surface area (Å²) in [7, 11) is 6.10. The van der Waals surface area contributed by atoms with E-state index < -0.39 is 0 Å². The largest absolute Gasteiger partial charge is 0.497 e. The molecule has 2 N–H and O–H groups in total. The van der Waals surface area contributed by atoms with Gasteiger partial charge in [-0.15, -0.1) is 0 Å². The van der Waals surface area contributed by atoms with E-state index in [0.717, 1.165) is 18.2 Å². The predicted octanol–water partition coefficient (Wildman–Crippen LogP) is 1.97. The molecular formula is C17H29N3O. The SMILES string of the molecule is COc1cccc(C(CN)N(C)CC2CCN(C)CC2)c1. The second-order valence-electron chi connectivity index (χ2n) is 6.21. The Balaban J connectivity index is 1.99. The molecule has 1 atom stereocenters. The van der Waals surface area contributed by atoms with Crippen LogP contribution in [0.3, 0.4) is 0 Å². The lowest BCUT2D eigenvalue weighted by atomic mass is 9.95. The van der Waals surface area contributed by atoms with Crippen molar-refractivity contribution in [3.8, 4) is 5.75 Å². The molecule has 0 bridgehead atoms. The summed E-state index contributed by atoms with van der Waals surface area (Å²) < 4.78 is 5.33. The number of nitrogens with two attached hydrogens (primary N) is 1. The molecule has 1 heterocycles. The number of nitrogens with zero attached hydrogens (tertiary/aromatic N) is 2. The monoisotopic (exact) mass is 291 g/mol. The van der Waals surface area contributed by atoms with Gasteiger partial charge in [-0.2, -0.15) is 0 Å². The van der Waals surface area contributed by atoms with Gasteiger partial charge in [0.25, 0.3) is 0 Å². The molecular weight excluding hydrogens is 262 g/mol. The average molecular weight is 291 g/mol. The van der Waals surface area contributed by atoms with Crippen LogP contribution in [0.15, 0.2) is 24.3 Å². The van der Waals surface area contributed by atoms with Crippen LogP contribution in [0.5, 0.6) is 5.75 Å². The molecule has 1 saturated heterocycles. The molecule has 1 aliphatic rings. The van der Waals surface area contributed by atoms with E-state index >= 15 is 0 Å². The van der Waals surface area contributed by atoms with Crippen molar-refractivity contribution in [2.75, 3.05) is 47.4 Å². The van der Waals surface area contributed by atoms with Crippen molar-refractivity contribution in [3.05, 3.63) is 29.8 Å². The molecule has 1 fully saturated rings. The second-order valence-corrected chi connectivity index (χ2v) is 6.21. The van der Waals surface area contributed by atoms with Crippen LogP contribution in [-0.2, 0) is 0 Å². The Morgan fingerprint density at radius 3 is 2.71 bits per heavy atom. The molecule has 4 nitrogen and oxygen atoms in total. The Morgan fingerprint density at radius 2 is 2.10 bits per heavy atom. The van der Waals surface area contributed by atoms with Gasteiger partial charge in [0.05, 0.1) is 7.11 Å². The van der Waals surface area contributed by atoms with Gasteiger partial charge in [-0.1, -0.05) is 12.1 Å². The van der Waals surface area contributed by atoms with Crippen LogP contribution >= 0.6 is 0 Å². The standard InChI is InChI=1S/C17H29N3O/c1-19-9-7-14(8-10-19)13-20(2)17(12-18)15-5-4-6-16(11-15)21-3/h4-6,11,14,17H,7-10,12-13,18H2,1-3H3. The fraction of sp³-hybridized carbons (Fsp3) is 0.647. The molecule has 4 heteroatoms. The van der Waals surface area contributed by atoms with Gasteiger partial charge in [0.2, 0.25) is 0 Å². The normalized spacial score (nSPS) is 18.9. The van der Waals surface area contributed by atoms with E-state index in [1.54, 1.807) is 7.11 Å². The van der Waals surface area contributed by atoms with Crippen LogP contribution in [0.1, 0.15) is 24.4 Å². The van der Waals surface area contributed by atoms with Crippen LogP contribution in [0.25, 0.3) is 0 Å². The predicted molar refractivity (Wildman–Crippen MR) is 87.6 cm³/mol. The maximum Gasteiger partial charge on any atom is 0.119 e. The highest BCUT2D eigenvalue weighted by atomic mass is 16.5. The van der Waals surface area contributed by atoms with Crippen molar-refractivity contribution < 1.29 is 4.74 Å². The molecule has 1 aromatic carbocycles. The van der Waals surface area contributed by atoms with Gasteiger partial charge in [0, 0.05) is 19.1 Å². The highest BCUT2D eigenvalue weighted by Crippen LogP contribution is 2.25. The van der Waals surface area contributed by atoms with Crippen LogP contribution in [0.4, 0.5) is 0 Å². The molecule has 0 aliphatic carbocycles. The average Bonchev–Trinajstić information content (AvgIpc) is 2.50. The molecule has 0 radical (unpaired) electrons. The Kier molecular flexibility index (Phi) is 6.03. The molecule has 21 heavy (non-hydrogen) atoms. The number of piperidine rings is 1. The summed E-state index contributed by atoms with van der Waals surface area (Å²) in [6.07, 6.45) is 2.58. The first-order valence-electron chi connectivity index (χ1n) is 7.86. The molecule has 2 rings (SSSR count). The fourth-order valence-corrected chi connectivity index (χ4v) is 3.20. The third-order valence-electron chi connectivity index (χ3n) is 4.62. The molecule has 0 amide bonds. The summed E-state index contributed by atoms with van der Waals surface area (Å²) in [6, 6.07) is 8.53. The van der Waals surface area contributed by atoms with E-state index in [-0.39, 0.29) is 6.04 Å². The van der Waals surface area contributed by atoms with Crippen LogP contribution in [0, 0.1) is 5.92 Å². The van der Waals surface area contributed by atoms with Crippen molar-refractivity contribution in [1.29, 1.82) is 0 Å². The van der Waals surface area contributed by atoms with Crippen molar-refractivity contribution in [2.45, 2.75) is 18.9 Å². The Morgan fingerprint density at radius 1 is 1.38 bits per heavy atom. The van der Waals surface area contributed by atoms with Gasteiger partial charge in [-0.05, 0) is 63.6 Å². The number of hydrogen-bond acceptors (Lipinski definition) is 4. The Bertz CT molecular complexity index is 430. The number of likely N-dealkylation sites (tertiary alicyclic amines) is 1. The van der Waals surface area contributed by atoms with Crippen LogP contribution < -0.4 is 10.5 Å². The highest BCUT2D eigenvalue weighted by molar-refractivity contribution is 5.30. The molecule has 1 aliphatic heterocycles. The lowest BCUT2D eigenvalue weighted by Crippen LogP contribution is -2.38. The van der Waals surface area contributed by atoms with Gasteiger partial charge >= 0.3 is 0 Å². The lowest BCUT2D eigenvalue weighted by molar-refractivity contribution is 0.151.